The number of amides is 1. The van der Waals surface area contributed by atoms with Crippen LogP contribution < -0.4 is 10.6 Å². The Kier molecular flexibility index (Phi) is 5.54. The standard InChI is InChI=1S/C21H21N3O/c1-16(23-15-17-5-3-2-4-6-17)21(25)24-20-9-7-18(8-10-20)19-11-13-22-14-12-19/h2-14,16,23H,15H2,1H3,(H,24,25)/t16-/m0/s1. The molecule has 0 radical (unpaired) electrons. The van der Waals surface area contributed by atoms with Crippen LogP contribution in [0.2, 0.25) is 0 Å². The van der Waals surface area contributed by atoms with Crippen LogP contribution in [-0.2, 0) is 11.3 Å². The predicted octanol–water partition coefficient (Wildman–Crippen LogP) is 3.87. The maximum Gasteiger partial charge on any atom is 0.241 e. The molecule has 2 N–H and O–H groups in total. The molecule has 1 amide bonds. The molecule has 1 heterocycles. The number of hydrogen-bond donors (Lipinski definition) is 2. The second kappa shape index (κ2) is 8.22. The van der Waals surface area contributed by atoms with Gasteiger partial charge in [-0.05, 0) is 47.9 Å². The summed E-state index contributed by atoms with van der Waals surface area (Å²) >= 11 is 0. The number of nitrogens with one attached hydrogen (secondary N) is 2. The molecule has 0 unspecified atom stereocenters. The Morgan fingerprint density at radius 2 is 1.56 bits per heavy atom. The summed E-state index contributed by atoms with van der Waals surface area (Å²) in [7, 11) is 0. The van der Waals surface area contributed by atoms with E-state index in [-0.39, 0.29) is 11.9 Å². The molecule has 0 spiro atoms. The monoisotopic (exact) mass is 331 g/mol. The zero-order valence-corrected chi connectivity index (χ0v) is 14.1. The highest BCUT2D eigenvalue weighted by molar-refractivity contribution is 5.94. The van der Waals surface area contributed by atoms with Crippen LogP contribution >= 0.6 is 0 Å². The number of benzene rings is 2. The van der Waals surface area contributed by atoms with E-state index >= 15 is 0 Å². The van der Waals surface area contributed by atoms with Crippen LogP contribution in [0.5, 0.6) is 0 Å². The first-order chi connectivity index (χ1) is 12.2. The van der Waals surface area contributed by atoms with Crippen molar-refractivity contribution in [1.82, 2.24) is 10.3 Å². The molecule has 4 heteroatoms. The van der Waals surface area contributed by atoms with Gasteiger partial charge in [0.25, 0.3) is 0 Å². The Morgan fingerprint density at radius 1 is 0.920 bits per heavy atom. The summed E-state index contributed by atoms with van der Waals surface area (Å²) in [6.45, 7) is 2.53. The number of anilines is 1. The van der Waals surface area contributed by atoms with Crippen LogP contribution in [0, 0.1) is 0 Å². The number of hydrogen-bond acceptors (Lipinski definition) is 3. The lowest BCUT2D eigenvalue weighted by molar-refractivity contribution is -0.117. The zero-order chi connectivity index (χ0) is 17.5. The second-order valence-corrected chi connectivity index (χ2v) is 5.89. The molecule has 0 aliphatic carbocycles. The van der Waals surface area contributed by atoms with Crippen LogP contribution in [0.15, 0.2) is 79.1 Å². The van der Waals surface area contributed by atoms with Crippen molar-refractivity contribution >= 4 is 11.6 Å². The minimum Gasteiger partial charge on any atom is -0.325 e. The van der Waals surface area contributed by atoms with E-state index in [4.69, 9.17) is 0 Å². The molecule has 3 aromatic rings. The van der Waals surface area contributed by atoms with E-state index in [1.54, 1.807) is 12.4 Å². The first-order valence-corrected chi connectivity index (χ1v) is 8.31. The van der Waals surface area contributed by atoms with Crippen LogP contribution in [0.4, 0.5) is 5.69 Å². The molecule has 2 aromatic carbocycles. The molecule has 126 valence electrons. The molecule has 0 saturated carbocycles. The highest BCUT2D eigenvalue weighted by Gasteiger charge is 2.12. The van der Waals surface area contributed by atoms with Gasteiger partial charge in [0.15, 0.2) is 0 Å². The van der Waals surface area contributed by atoms with Crippen molar-refractivity contribution in [1.29, 1.82) is 0 Å². The average molecular weight is 331 g/mol. The first kappa shape index (κ1) is 16.9. The van der Waals surface area contributed by atoms with Gasteiger partial charge in [-0.15, -0.1) is 0 Å². The van der Waals surface area contributed by atoms with Crippen LogP contribution in [-0.4, -0.2) is 16.9 Å². The number of aromatic nitrogens is 1. The summed E-state index contributed by atoms with van der Waals surface area (Å²) in [6.07, 6.45) is 3.54. The maximum absolute atomic E-state index is 12.3. The minimum absolute atomic E-state index is 0.0485. The van der Waals surface area contributed by atoms with Crippen molar-refractivity contribution in [3.05, 3.63) is 84.7 Å². The maximum atomic E-state index is 12.3. The largest absolute Gasteiger partial charge is 0.325 e. The van der Waals surface area contributed by atoms with Gasteiger partial charge < -0.3 is 10.6 Å². The van der Waals surface area contributed by atoms with Gasteiger partial charge in [0.1, 0.15) is 0 Å². The molecular formula is C21H21N3O. The van der Waals surface area contributed by atoms with Crippen molar-refractivity contribution < 1.29 is 4.79 Å². The summed E-state index contributed by atoms with van der Waals surface area (Å²) in [5, 5.41) is 6.18. The SMILES string of the molecule is C[C@H](NCc1ccccc1)C(=O)Nc1ccc(-c2ccncc2)cc1. The van der Waals surface area contributed by atoms with Gasteiger partial charge in [-0.3, -0.25) is 9.78 Å². The molecule has 1 atom stereocenters. The molecule has 0 bridgehead atoms. The van der Waals surface area contributed by atoms with E-state index < -0.39 is 0 Å². The van der Waals surface area contributed by atoms with Gasteiger partial charge in [0.05, 0.1) is 6.04 Å². The van der Waals surface area contributed by atoms with E-state index in [1.165, 1.54) is 0 Å². The van der Waals surface area contributed by atoms with E-state index in [0.717, 1.165) is 22.4 Å². The number of nitrogens with zero attached hydrogens (tertiary/aromatic N) is 1. The fraction of sp³-hybridized carbons (Fsp3) is 0.143. The fourth-order valence-corrected chi connectivity index (χ4v) is 2.50. The number of carbonyl (C=O) groups is 1. The Labute approximate surface area is 147 Å². The molecular weight excluding hydrogens is 310 g/mol. The summed E-state index contributed by atoms with van der Waals surface area (Å²) in [5.41, 5.74) is 4.14. The molecule has 4 nitrogen and oxygen atoms in total. The van der Waals surface area contributed by atoms with E-state index in [1.807, 2.05) is 73.7 Å². The van der Waals surface area contributed by atoms with Gasteiger partial charge in [-0.1, -0.05) is 42.5 Å². The van der Waals surface area contributed by atoms with Crippen LogP contribution in [0.25, 0.3) is 11.1 Å². The van der Waals surface area contributed by atoms with Crippen molar-refractivity contribution in [2.45, 2.75) is 19.5 Å². The van der Waals surface area contributed by atoms with Crippen molar-refractivity contribution in [3.63, 3.8) is 0 Å². The van der Waals surface area contributed by atoms with E-state index in [9.17, 15) is 4.79 Å². The predicted molar refractivity (Wildman–Crippen MR) is 101 cm³/mol. The summed E-state index contributed by atoms with van der Waals surface area (Å²) < 4.78 is 0. The first-order valence-electron chi connectivity index (χ1n) is 8.31. The van der Waals surface area contributed by atoms with Crippen LogP contribution in [0.1, 0.15) is 12.5 Å². The summed E-state index contributed by atoms with van der Waals surface area (Å²) in [4.78, 5) is 16.3. The quantitative estimate of drug-likeness (QED) is 0.721. The fourth-order valence-electron chi connectivity index (χ4n) is 2.50. The normalized spacial score (nSPS) is 11.7. The lowest BCUT2D eigenvalue weighted by atomic mass is 10.1. The lowest BCUT2D eigenvalue weighted by Crippen LogP contribution is -2.37. The Hall–Kier alpha value is -2.98. The Balaban J connectivity index is 1.55. The topological polar surface area (TPSA) is 54.0 Å². The molecule has 25 heavy (non-hydrogen) atoms. The highest BCUT2D eigenvalue weighted by Crippen LogP contribution is 2.20. The number of rotatable bonds is 6. The highest BCUT2D eigenvalue weighted by atomic mass is 16.2. The van der Waals surface area contributed by atoms with Gasteiger partial charge in [0, 0.05) is 24.6 Å². The van der Waals surface area contributed by atoms with Gasteiger partial charge >= 0.3 is 0 Å². The van der Waals surface area contributed by atoms with E-state index in [2.05, 4.69) is 15.6 Å². The molecule has 0 aliphatic heterocycles. The van der Waals surface area contributed by atoms with Gasteiger partial charge in [-0.2, -0.15) is 0 Å². The summed E-state index contributed by atoms with van der Waals surface area (Å²) in [5.74, 6) is -0.0485. The van der Waals surface area contributed by atoms with Gasteiger partial charge in [0.2, 0.25) is 5.91 Å². The van der Waals surface area contributed by atoms with E-state index in [0.29, 0.717) is 6.54 Å². The smallest absolute Gasteiger partial charge is 0.241 e. The number of carbonyl (C=O) groups excluding carboxylic acids is 1. The molecule has 0 aliphatic rings. The molecule has 3 rings (SSSR count). The molecule has 1 aromatic heterocycles. The summed E-state index contributed by atoms with van der Waals surface area (Å²) in [6, 6.07) is 21.5. The number of pyridine rings is 1. The minimum atomic E-state index is -0.278. The van der Waals surface area contributed by atoms with Crippen molar-refractivity contribution in [2.24, 2.45) is 0 Å². The van der Waals surface area contributed by atoms with Crippen molar-refractivity contribution in [2.75, 3.05) is 5.32 Å². The van der Waals surface area contributed by atoms with Crippen molar-refractivity contribution in [3.8, 4) is 11.1 Å². The third-order valence-electron chi connectivity index (χ3n) is 4.01. The zero-order valence-electron chi connectivity index (χ0n) is 14.1. The molecule has 0 fully saturated rings. The molecule has 0 saturated heterocycles. The van der Waals surface area contributed by atoms with Crippen LogP contribution in [0.3, 0.4) is 0 Å². The lowest BCUT2D eigenvalue weighted by Gasteiger charge is -2.14. The Bertz CT molecular complexity index is 802. The third kappa shape index (κ3) is 4.75. The Morgan fingerprint density at radius 3 is 2.24 bits per heavy atom. The average Bonchev–Trinajstić information content (AvgIpc) is 2.68. The third-order valence-corrected chi connectivity index (χ3v) is 4.01. The van der Waals surface area contributed by atoms with Gasteiger partial charge in [-0.25, -0.2) is 0 Å². The second-order valence-electron chi connectivity index (χ2n) is 5.89.